The van der Waals surface area contributed by atoms with Gasteiger partial charge in [0.25, 0.3) is 0 Å². The van der Waals surface area contributed by atoms with E-state index in [1.54, 1.807) is 0 Å². The van der Waals surface area contributed by atoms with Gasteiger partial charge >= 0.3 is 11.9 Å². The van der Waals surface area contributed by atoms with Crippen LogP contribution in [0.1, 0.15) is 25.7 Å². The lowest BCUT2D eigenvalue weighted by molar-refractivity contribution is -0.143. The number of aliphatic carboxylic acids is 2. The molecule has 0 bridgehead atoms. The second-order valence-electron chi connectivity index (χ2n) is 4.51. The molecule has 0 radical (unpaired) electrons. The van der Waals surface area contributed by atoms with Crippen molar-refractivity contribution in [3.05, 3.63) is 0 Å². The first-order chi connectivity index (χ1) is 7.08. The molecule has 84 valence electrons. The number of nitrogens with one attached hydrogen (secondary N) is 1. The maximum atomic E-state index is 10.8. The molecule has 5 heteroatoms. The molecule has 0 aromatic heterocycles. The van der Waals surface area contributed by atoms with Crippen LogP contribution in [0.25, 0.3) is 0 Å². The lowest BCUT2D eigenvalue weighted by atomic mass is 9.78. The molecule has 2 rings (SSSR count). The quantitative estimate of drug-likeness (QED) is 0.614. The van der Waals surface area contributed by atoms with E-state index in [2.05, 4.69) is 5.32 Å². The molecule has 4 unspecified atom stereocenters. The Kier molecular flexibility index (Phi) is 2.65. The molecule has 0 aromatic carbocycles. The zero-order chi connectivity index (χ0) is 11.0. The van der Waals surface area contributed by atoms with E-state index >= 15 is 0 Å². The summed E-state index contributed by atoms with van der Waals surface area (Å²) < 4.78 is 0. The standard InChI is InChI=1S/C10H15NO4/c12-9(13)5-1-2-7-6(3-5)4-8(11-7)10(14)15/h5-8,11H,1-4H2,(H,12,13)(H,14,15). The summed E-state index contributed by atoms with van der Waals surface area (Å²) >= 11 is 0. The Morgan fingerprint density at radius 2 is 1.80 bits per heavy atom. The Balaban J connectivity index is 1.98. The van der Waals surface area contributed by atoms with Gasteiger partial charge in [0.2, 0.25) is 0 Å². The van der Waals surface area contributed by atoms with Crippen molar-refractivity contribution in [3.8, 4) is 0 Å². The lowest BCUT2D eigenvalue weighted by Gasteiger charge is -2.28. The molecule has 1 saturated carbocycles. The lowest BCUT2D eigenvalue weighted by Crippen LogP contribution is -2.39. The molecule has 15 heavy (non-hydrogen) atoms. The minimum atomic E-state index is -0.823. The molecule has 1 aliphatic heterocycles. The molecule has 2 fully saturated rings. The minimum absolute atomic E-state index is 0.210. The number of hydrogen-bond acceptors (Lipinski definition) is 3. The predicted molar refractivity (Wildman–Crippen MR) is 51.4 cm³/mol. The fraction of sp³-hybridized carbons (Fsp3) is 0.800. The normalized spacial score (nSPS) is 39.7. The van der Waals surface area contributed by atoms with Crippen LogP contribution in [0.3, 0.4) is 0 Å². The molecule has 0 spiro atoms. The van der Waals surface area contributed by atoms with Gasteiger partial charge in [-0.05, 0) is 31.6 Å². The maximum Gasteiger partial charge on any atom is 0.320 e. The molecule has 2 aliphatic rings. The molecular formula is C10H15NO4. The number of carboxylic acid groups (broad SMARTS) is 2. The van der Waals surface area contributed by atoms with Crippen molar-refractivity contribution in [1.29, 1.82) is 0 Å². The fourth-order valence-corrected chi connectivity index (χ4v) is 2.77. The summed E-state index contributed by atoms with van der Waals surface area (Å²) in [6, 6.07) is -0.269. The second kappa shape index (κ2) is 3.81. The van der Waals surface area contributed by atoms with Crippen molar-refractivity contribution >= 4 is 11.9 Å². The van der Waals surface area contributed by atoms with Gasteiger partial charge in [0.1, 0.15) is 6.04 Å². The summed E-state index contributed by atoms with van der Waals surface area (Å²) in [5, 5.41) is 20.8. The van der Waals surface area contributed by atoms with Crippen molar-refractivity contribution in [3.63, 3.8) is 0 Å². The van der Waals surface area contributed by atoms with Gasteiger partial charge in [0.05, 0.1) is 5.92 Å². The highest BCUT2D eigenvalue weighted by Crippen LogP contribution is 2.36. The van der Waals surface area contributed by atoms with Gasteiger partial charge in [-0.3, -0.25) is 9.59 Å². The second-order valence-corrected chi connectivity index (χ2v) is 4.51. The van der Waals surface area contributed by atoms with Crippen LogP contribution in [0.15, 0.2) is 0 Å². The SMILES string of the molecule is O=C(O)C1CCC2NC(C(=O)O)CC2C1. The van der Waals surface area contributed by atoms with Crippen LogP contribution in [0.5, 0.6) is 0 Å². The van der Waals surface area contributed by atoms with Gasteiger partial charge in [-0.2, -0.15) is 0 Å². The number of fused-ring (bicyclic) bond motifs is 1. The van der Waals surface area contributed by atoms with E-state index in [4.69, 9.17) is 10.2 Å². The average molecular weight is 213 g/mol. The third kappa shape index (κ3) is 1.97. The van der Waals surface area contributed by atoms with Crippen molar-refractivity contribution in [2.75, 3.05) is 0 Å². The maximum absolute atomic E-state index is 10.8. The highest BCUT2D eigenvalue weighted by molar-refractivity contribution is 5.74. The van der Waals surface area contributed by atoms with E-state index < -0.39 is 18.0 Å². The molecule has 0 amide bonds. The molecule has 1 saturated heterocycles. The van der Waals surface area contributed by atoms with Crippen molar-refractivity contribution < 1.29 is 19.8 Å². The Labute approximate surface area is 87.5 Å². The van der Waals surface area contributed by atoms with Crippen LogP contribution in [0.2, 0.25) is 0 Å². The largest absolute Gasteiger partial charge is 0.481 e. The van der Waals surface area contributed by atoms with Gasteiger partial charge in [-0.15, -0.1) is 0 Å². The molecule has 4 atom stereocenters. The van der Waals surface area contributed by atoms with Crippen LogP contribution < -0.4 is 5.32 Å². The zero-order valence-electron chi connectivity index (χ0n) is 8.35. The van der Waals surface area contributed by atoms with E-state index in [0.29, 0.717) is 19.3 Å². The first-order valence-corrected chi connectivity index (χ1v) is 5.29. The first kappa shape index (κ1) is 10.4. The molecular weight excluding hydrogens is 198 g/mol. The predicted octanol–water partition coefficient (Wildman–Crippen LogP) is 0.302. The van der Waals surface area contributed by atoms with Crippen LogP contribution in [-0.2, 0) is 9.59 Å². The molecule has 1 heterocycles. The van der Waals surface area contributed by atoms with Gasteiger partial charge in [0.15, 0.2) is 0 Å². The smallest absolute Gasteiger partial charge is 0.320 e. The van der Waals surface area contributed by atoms with Crippen molar-refractivity contribution in [1.82, 2.24) is 5.32 Å². The van der Waals surface area contributed by atoms with Crippen LogP contribution in [0, 0.1) is 11.8 Å². The molecule has 5 nitrogen and oxygen atoms in total. The third-order valence-electron chi connectivity index (χ3n) is 3.58. The summed E-state index contributed by atoms with van der Waals surface area (Å²) in [6.07, 6.45) is 2.64. The van der Waals surface area contributed by atoms with Crippen LogP contribution in [0.4, 0.5) is 0 Å². The highest BCUT2D eigenvalue weighted by atomic mass is 16.4. The van der Waals surface area contributed by atoms with Gasteiger partial charge < -0.3 is 15.5 Å². The van der Waals surface area contributed by atoms with Crippen molar-refractivity contribution in [2.24, 2.45) is 11.8 Å². The van der Waals surface area contributed by atoms with Gasteiger partial charge in [-0.25, -0.2) is 0 Å². The molecule has 3 N–H and O–H groups in total. The average Bonchev–Trinajstić information content (AvgIpc) is 2.59. The Bertz CT molecular complexity index is 279. The number of rotatable bonds is 2. The van der Waals surface area contributed by atoms with Crippen LogP contribution >= 0.6 is 0 Å². The van der Waals surface area contributed by atoms with Gasteiger partial charge in [-0.1, -0.05) is 0 Å². The minimum Gasteiger partial charge on any atom is -0.481 e. The Hall–Kier alpha value is -1.10. The zero-order valence-corrected chi connectivity index (χ0v) is 8.35. The van der Waals surface area contributed by atoms with E-state index in [9.17, 15) is 9.59 Å². The van der Waals surface area contributed by atoms with E-state index in [0.717, 1.165) is 6.42 Å². The first-order valence-electron chi connectivity index (χ1n) is 5.29. The van der Waals surface area contributed by atoms with Gasteiger partial charge in [0, 0.05) is 6.04 Å². The summed E-state index contributed by atoms with van der Waals surface area (Å²) in [5.74, 6) is -1.62. The summed E-state index contributed by atoms with van der Waals surface area (Å²) in [4.78, 5) is 21.6. The van der Waals surface area contributed by atoms with E-state index in [-0.39, 0.29) is 17.9 Å². The highest BCUT2D eigenvalue weighted by Gasteiger charge is 2.42. The fourth-order valence-electron chi connectivity index (χ4n) is 2.77. The molecule has 1 aliphatic carbocycles. The Morgan fingerprint density at radius 3 is 2.40 bits per heavy atom. The number of carboxylic acids is 2. The summed E-state index contributed by atoms with van der Waals surface area (Å²) in [6.45, 7) is 0. The van der Waals surface area contributed by atoms with E-state index in [1.165, 1.54) is 0 Å². The topological polar surface area (TPSA) is 86.6 Å². The van der Waals surface area contributed by atoms with Crippen molar-refractivity contribution in [2.45, 2.75) is 37.8 Å². The molecule has 0 aromatic rings. The van der Waals surface area contributed by atoms with Crippen LogP contribution in [-0.4, -0.2) is 34.2 Å². The third-order valence-corrected chi connectivity index (χ3v) is 3.58. The summed E-state index contributed by atoms with van der Waals surface area (Å²) in [5.41, 5.74) is 0. The number of hydrogen-bond donors (Lipinski definition) is 3. The summed E-state index contributed by atoms with van der Waals surface area (Å²) in [7, 11) is 0. The monoisotopic (exact) mass is 213 g/mol. The number of carbonyl (C=O) groups is 2. The van der Waals surface area contributed by atoms with E-state index in [1.807, 2.05) is 0 Å². The Morgan fingerprint density at radius 1 is 1.07 bits per heavy atom.